The molecule has 0 aromatic heterocycles. The third kappa shape index (κ3) is 3.68. The fraction of sp³-hybridized carbons (Fsp3) is 0.235. The van der Waals surface area contributed by atoms with E-state index < -0.39 is 12.0 Å². The number of carboxylic acids is 1. The summed E-state index contributed by atoms with van der Waals surface area (Å²) in [4.78, 5) is 10.9. The van der Waals surface area contributed by atoms with Crippen LogP contribution in [0.2, 0.25) is 0 Å². The average molecular weight is 269 g/mol. The predicted octanol–water partition coefficient (Wildman–Crippen LogP) is 2.88. The molecule has 0 amide bonds. The fourth-order valence-corrected chi connectivity index (χ4v) is 2.18. The van der Waals surface area contributed by atoms with Gasteiger partial charge in [0.1, 0.15) is 6.04 Å². The van der Waals surface area contributed by atoms with Gasteiger partial charge >= 0.3 is 5.97 Å². The van der Waals surface area contributed by atoms with E-state index in [-0.39, 0.29) is 5.92 Å². The number of rotatable bonds is 6. The van der Waals surface area contributed by atoms with Crippen molar-refractivity contribution in [3.8, 4) is 0 Å². The van der Waals surface area contributed by atoms with Crippen LogP contribution in [-0.2, 0) is 4.79 Å². The van der Waals surface area contributed by atoms with Gasteiger partial charge in [0.15, 0.2) is 0 Å². The van der Waals surface area contributed by atoms with Gasteiger partial charge in [-0.3, -0.25) is 4.79 Å². The van der Waals surface area contributed by atoms with E-state index in [1.165, 1.54) is 11.1 Å². The van der Waals surface area contributed by atoms with Gasteiger partial charge < -0.3 is 10.4 Å². The summed E-state index contributed by atoms with van der Waals surface area (Å²) in [6.07, 6.45) is 0. The van der Waals surface area contributed by atoms with Gasteiger partial charge in [-0.15, -0.1) is 0 Å². The molecule has 104 valence electrons. The van der Waals surface area contributed by atoms with Gasteiger partial charge in [-0.05, 0) is 18.1 Å². The Balaban J connectivity index is 2.19. The molecule has 0 saturated heterocycles. The van der Waals surface area contributed by atoms with Gasteiger partial charge in [0.25, 0.3) is 0 Å². The van der Waals surface area contributed by atoms with Crippen molar-refractivity contribution < 1.29 is 9.90 Å². The Kier molecular flexibility index (Phi) is 4.91. The summed E-state index contributed by atoms with van der Waals surface area (Å²) in [5, 5.41) is 12.1. The van der Waals surface area contributed by atoms with Crippen LogP contribution in [0.25, 0.3) is 0 Å². The smallest absolute Gasteiger partial charge is 0.320 e. The first-order valence-corrected chi connectivity index (χ1v) is 6.74. The van der Waals surface area contributed by atoms with Crippen molar-refractivity contribution in [2.75, 3.05) is 6.54 Å². The summed E-state index contributed by atoms with van der Waals surface area (Å²) >= 11 is 0. The fourth-order valence-electron chi connectivity index (χ4n) is 2.18. The monoisotopic (exact) mass is 269 g/mol. The number of hydrogen-bond acceptors (Lipinski definition) is 2. The molecule has 0 bridgehead atoms. The van der Waals surface area contributed by atoms with E-state index in [1.807, 2.05) is 36.4 Å². The van der Waals surface area contributed by atoms with Crippen LogP contribution in [0.3, 0.4) is 0 Å². The third-order valence-corrected chi connectivity index (χ3v) is 3.40. The molecule has 0 heterocycles. The largest absolute Gasteiger partial charge is 0.480 e. The molecule has 0 saturated carbocycles. The van der Waals surface area contributed by atoms with Crippen molar-refractivity contribution in [2.45, 2.75) is 18.9 Å². The summed E-state index contributed by atoms with van der Waals surface area (Å²) in [5.74, 6) is -0.677. The molecule has 3 nitrogen and oxygen atoms in total. The Labute approximate surface area is 119 Å². The molecule has 0 fully saturated rings. The van der Waals surface area contributed by atoms with E-state index in [1.54, 1.807) is 6.92 Å². The summed E-state index contributed by atoms with van der Waals surface area (Å²) in [6, 6.07) is 19.7. The highest BCUT2D eigenvalue weighted by Crippen LogP contribution is 2.23. The molecular formula is C17H19NO2. The quantitative estimate of drug-likeness (QED) is 0.847. The number of hydrogen-bond donors (Lipinski definition) is 2. The lowest BCUT2D eigenvalue weighted by Crippen LogP contribution is -2.36. The first-order valence-electron chi connectivity index (χ1n) is 6.74. The van der Waals surface area contributed by atoms with Crippen LogP contribution in [0.5, 0.6) is 0 Å². The molecule has 0 radical (unpaired) electrons. The van der Waals surface area contributed by atoms with Crippen LogP contribution in [0.1, 0.15) is 24.0 Å². The Bertz CT molecular complexity index is 500. The summed E-state index contributed by atoms with van der Waals surface area (Å²) in [6.45, 7) is 2.26. The molecule has 3 heteroatoms. The molecule has 0 aliphatic carbocycles. The maximum absolute atomic E-state index is 10.9. The van der Waals surface area contributed by atoms with E-state index in [4.69, 9.17) is 5.11 Å². The number of aliphatic carboxylic acids is 1. The lowest BCUT2D eigenvalue weighted by molar-refractivity contribution is -0.138. The maximum Gasteiger partial charge on any atom is 0.320 e. The molecule has 1 unspecified atom stereocenters. The first-order chi connectivity index (χ1) is 9.68. The van der Waals surface area contributed by atoms with E-state index in [0.29, 0.717) is 6.54 Å². The van der Waals surface area contributed by atoms with Gasteiger partial charge in [0, 0.05) is 12.5 Å². The number of nitrogens with one attached hydrogen (secondary N) is 1. The van der Waals surface area contributed by atoms with Crippen molar-refractivity contribution in [3.63, 3.8) is 0 Å². The first kappa shape index (κ1) is 14.3. The average Bonchev–Trinajstić information content (AvgIpc) is 2.49. The second kappa shape index (κ2) is 6.87. The normalized spacial score (nSPS) is 12.3. The van der Waals surface area contributed by atoms with Crippen molar-refractivity contribution in [1.29, 1.82) is 0 Å². The molecule has 0 aliphatic heterocycles. The van der Waals surface area contributed by atoms with Crippen molar-refractivity contribution in [3.05, 3.63) is 71.8 Å². The van der Waals surface area contributed by atoms with Gasteiger partial charge in [-0.1, -0.05) is 60.7 Å². The Morgan fingerprint density at radius 2 is 1.45 bits per heavy atom. The van der Waals surface area contributed by atoms with Crippen molar-refractivity contribution >= 4 is 5.97 Å². The zero-order valence-corrected chi connectivity index (χ0v) is 11.5. The standard InChI is InChI=1S/C17H19NO2/c1-13(17(19)20)18-12-16(14-8-4-2-5-9-14)15-10-6-3-7-11-15/h2-11,13,16,18H,12H2,1H3,(H,19,20). The summed E-state index contributed by atoms with van der Waals surface area (Å²) < 4.78 is 0. The van der Waals surface area contributed by atoms with E-state index >= 15 is 0 Å². The van der Waals surface area contributed by atoms with Gasteiger partial charge in [-0.25, -0.2) is 0 Å². The summed E-state index contributed by atoms with van der Waals surface area (Å²) in [5.41, 5.74) is 2.37. The molecule has 0 spiro atoms. The topological polar surface area (TPSA) is 49.3 Å². The van der Waals surface area contributed by atoms with Crippen molar-refractivity contribution in [1.82, 2.24) is 5.32 Å². The highest BCUT2D eigenvalue weighted by Gasteiger charge is 2.17. The minimum absolute atomic E-state index is 0.152. The minimum Gasteiger partial charge on any atom is -0.480 e. The Morgan fingerprint density at radius 3 is 1.85 bits per heavy atom. The number of benzene rings is 2. The zero-order valence-electron chi connectivity index (χ0n) is 11.5. The lowest BCUT2D eigenvalue weighted by Gasteiger charge is -2.20. The molecule has 0 aliphatic rings. The number of carbonyl (C=O) groups is 1. The molecule has 20 heavy (non-hydrogen) atoms. The highest BCUT2D eigenvalue weighted by atomic mass is 16.4. The van der Waals surface area contributed by atoms with E-state index in [0.717, 1.165) is 0 Å². The number of carboxylic acid groups (broad SMARTS) is 1. The Morgan fingerprint density at radius 1 is 1.00 bits per heavy atom. The Hall–Kier alpha value is -2.13. The zero-order chi connectivity index (χ0) is 14.4. The SMILES string of the molecule is CC(NCC(c1ccccc1)c1ccccc1)C(=O)O. The molecule has 2 rings (SSSR count). The van der Waals surface area contributed by atoms with Crippen LogP contribution in [0.4, 0.5) is 0 Å². The minimum atomic E-state index is -0.829. The van der Waals surface area contributed by atoms with Crippen LogP contribution in [-0.4, -0.2) is 23.7 Å². The third-order valence-electron chi connectivity index (χ3n) is 3.40. The summed E-state index contributed by atoms with van der Waals surface area (Å²) in [7, 11) is 0. The molecule has 1 atom stereocenters. The van der Waals surface area contributed by atoms with E-state index in [9.17, 15) is 4.79 Å². The lowest BCUT2D eigenvalue weighted by atomic mass is 9.91. The highest BCUT2D eigenvalue weighted by molar-refractivity contribution is 5.72. The van der Waals surface area contributed by atoms with Gasteiger partial charge in [0.05, 0.1) is 0 Å². The maximum atomic E-state index is 10.9. The second-order valence-electron chi connectivity index (χ2n) is 4.84. The van der Waals surface area contributed by atoms with Gasteiger partial charge in [-0.2, -0.15) is 0 Å². The van der Waals surface area contributed by atoms with Crippen molar-refractivity contribution in [2.24, 2.45) is 0 Å². The van der Waals surface area contributed by atoms with E-state index in [2.05, 4.69) is 29.6 Å². The van der Waals surface area contributed by atoms with Crippen LogP contribution in [0, 0.1) is 0 Å². The molecule has 2 aromatic rings. The molecular weight excluding hydrogens is 250 g/mol. The second-order valence-corrected chi connectivity index (χ2v) is 4.84. The van der Waals surface area contributed by atoms with Crippen LogP contribution >= 0.6 is 0 Å². The van der Waals surface area contributed by atoms with Gasteiger partial charge in [0.2, 0.25) is 0 Å². The predicted molar refractivity (Wildman–Crippen MR) is 79.8 cm³/mol. The van der Waals surface area contributed by atoms with Crippen LogP contribution < -0.4 is 5.32 Å². The van der Waals surface area contributed by atoms with Crippen LogP contribution in [0.15, 0.2) is 60.7 Å². The molecule has 2 aromatic carbocycles. The molecule has 2 N–H and O–H groups in total.